The first-order valence-electron chi connectivity index (χ1n) is 6.66. The molecule has 0 saturated carbocycles. The van der Waals surface area contributed by atoms with Crippen LogP contribution in [-0.2, 0) is 0 Å². The van der Waals surface area contributed by atoms with Crippen molar-refractivity contribution in [2.75, 3.05) is 14.1 Å². The zero-order chi connectivity index (χ0) is 15.2. The zero-order valence-electron chi connectivity index (χ0n) is 12.4. The molecule has 0 unspecified atom stereocenters. The normalized spacial score (nSPS) is 10.8. The van der Waals surface area contributed by atoms with Gasteiger partial charge < -0.3 is 4.90 Å². The number of para-hydroxylation sites is 1. The van der Waals surface area contributed by atoms with Crippen molar-refractivity contribution < 1.29 is 4.79 Å². The second kappa shape index (κ2) is 7.09. The molecule has 2 rings (SSSR count). The number of aliphatic imine (C=N–C) groups is 1. The van der Waals surface area contributed by atoms with Crippen molar-refractivity contribution in [1.82, 2.24) is 4.90 Å². The molecule has 0 fully saturated rings. The maximum atomic E-state index is 11.9. The minimum atomic E-state index is 0.0126. The summed E-state index contributed by atoms with van der Waals surface area (Å²) in [6, 6.07) is 15.7. The largest absolute Gasteiger partial charge is 0.339 e. The topological polar surface area (TPSA) is 32.7 Å². The number of amides is 1. The van der Waals surface area contributed by atoms with Crippen molar-refractivity contribution in [1.29, 1.82) is 0 Å². The smallest absolute Gasteiger partial charge is 0.285 e. The molecule has 0 saturated heterocycles. The van der Waals surface area contributed by atoms with Crippen LogP contribution in [0.15, 0.2) is 58.4 Å². The summed E-state index contributed by atoms with van der Waals surface area (Å²) in [5.41, 5.74) is 2.93. The van der Waals surface area contributed by atoms with Gasteiger partial charge in [0.05, 0.1) is 5.69 Å². The van der Waals surface area contributed by atoms with E-state index in [1.165, 1.54) is 11.8 Å². The SMILES string of the molecule is Cc1cccc(C=Nc2ccccc2)c1SC(=O)N(C)C. The second-order valence-corrected chi connectivity index (χ2v) is 5.81. The molecular formula is C17H18N2OS. The molecule has 0 aliphatic heterocycles. The molecule has 0 aliphatic rings. The molecule has 4 heteroatoms. The van der Waals surface area contributed by atoms with E-state index in [2.05, 4.69) is 4.99 Å². The van der Waals surface area contributed by atoms with Crippen LogP contribution in [0.2, 0.25) is 0 Å². The minimum Gasteiger partial charge on any atom is -0.339 e. The molecule has 0 N–H and O–H groups in total. The highest BCUT2D eigenvalue weighted by atomic mass is 32.2. The van der Waals surface area contributed by atoms with Gasteiger partial charge in [0.1, 0.15) is 0 Å². The molecule has 3 nitrogen and oxygen atoms in total. The van der Waals surface area contributed by atoms with E-state index in [-0.39, 0.29) is 5.24 Å². The highest BCUT2D eigenvalue weighted by Crippen LogP contribution is 2.28. The average molecular weight is 298 g/mol. The highest BCUT2D eigenvalue weighted by molar-refractivity contribution is 8.13. The lowest BCUT2D eigenvalue weighted by Crippen LogP contribution is -2.16. The Morgan fingerprint density at radius 1 is 1.10 bits per heavy atom. The molecule has 1 amide bonds. The van der Waals surface area contributed by atoms with Crippen molar-refractivity contribution in [2.45, 2.75) is 11.8 Å². The zero-order valence-corrected chi connectivity index (χ0v) is 13.2. The summed E-state index contributed by atoms with van der Waals surface area (Å²) in [7, 11) is 3.51. The lowest BCUT2D eigenvalue weighted by Gasteiger charge is -2.12. The van der Waals surface area contributed by atoms with Crippen molar-refractivity contribution >= 4 is 28.9 Å². The summed E-state index contributed by atoms with van der Waals surface area (Å²) in [5, 5.41) is 0.0126. The third kappa shape index (κ3) is 4.20. The first kappa shape index (κ1) is 15.3. The lowest BCUT2D eigenvalue weighted by atomic mass is 10.1. The fourth-order valence-electron chi connectivity index (χ4n) is 1.75. The van der Waals surface area contributed by atoms with Gasteiger partial charge in [-0.2, -0.15) is 0 Å². The molecule has 0 heterocycles. The van der Waals surface area contributed by atoms with Crippen LogP contribution in [0.25, 0.3) is 0 Å². The van der Waals surface area contributed by atoms with Gasteiger partial charge in [-0.3, -0.25) is 9.79 Å². The van der Waals surface area contributed by atoms with E-state index < -0.39 is 0 Å². The number of hydrogen-bond acceptors (Lipinski definition) is 3. The van der Waals surface area contributed by atoms with Crippen molar-refractivity contribution in [3.8, 4) is 0 Å². The maximum Gasteiger partial charge on any atom is 0.285 e. The summed E-state index contributed by atoms with van der Waals surface area (Å²) in [6.07, 6.45) is 1.81. The monoisotopic (exact) mass is 298 g/mol. The van der Waals surface area contributed by atoms with Crippen LogP contribution >= 0.6 is 11.8 Å². The van der Waals surface area contributed by atoms with Gasteiger partial charge >= 0.3 is 0 Å². The molecular weight excluding hydrogens is 280 g/mol. The van der Waals surface area contributed by atoms with Crippen LogP contribution in [0, 0.1) is 6.92 Å². The van der Waals surface area contributed by atoms with Crippen LogP contribution in [0.4, 0.5) is 10.5 Å². The Balaban J connectivity index is 2.29. The Morgan fingerprint density at radius 3 is 2.48 bits per heavy atom. The Morgan fingerprint density at radius 2 is 1.81 bits per heavy atom. The van der Waals surface area contributed by atoms with E-state index in [1.807, 2.05) is 61.7 Å². The Labute approximate surface area is 129 Å². The van der Waals surface area contributed by atoms with Crippen molar-refractivity contribution in [3.63, 3.8) is 0 Å². The summed E-state index contributed by atoms with van der Waals surface area (Å²) in [6.45, 7) is 2.01. The van der Waals surface area contributed by atoms with Gasteiger partial charge in [0, 0.05) is 30.8 Å². The maximum absolute atomic E-state index is 11.9. The summed E-state index contributed by atoms with van der Waals surface area (Å²) < 4.78 is 0. The predicted octanol–water partition coefficient (Wildman–Crippen LogP) is 4.52. The van der Waals surface area contributed by atoms with E-state index in [0.29, 0.717) is 0 Å². The van der Waals surface area contributed by atoms with E-state index in [9.17, 15) is 4.79 Å². The number of thioether (sulfide) groups is 1. The quantitative estimate of drug-likeness (QED) is 0.616. The molecule has 0 aromatic heterocycles. The molecule has 108 valence electrons. The number of nitrogens with zero attached hydrogens (tertiary/aromatic N) is 2. The van der Waals surface area contributed by atoms with E-state index in [4.69, 9.17) is 0 Å². The van der Waals surface area contributed by atoms with Gasteiger partial charge in [0.15, 0.2) is 0 Å². The van der Waals surface area contributed by atoms with Crippen LogP contribution in [0.3, 0.4) is 0 Å². The lowest BCUT2D eigenvalue weighted by molar-refractivity contribution is 0.241. The average Bonchev–Trinajstić information content (AvgIpc) is 2.48. The van der Waals surface area contributed by atoms with Gasteiger partial charge in [0.25, 0.3) is 5.24 Å². The summed E-state index contributed by atoms with van der Waals surface area (Å²) in [4.78, 5) is 18.9. The van der Waals surface area contributed by atoms with Gasteiger partial charge in [-0.25, -0.2) is 0 Å². The minimum absolute atomic E-state index is 0.0126. The first-order chi connectivity index (χ1) is 10.1. The van der Waals surface area contributed by atoms with Crippen molar-refractivity contribution in [3.05, 3.63) is 59.7 Å². The van der Waals surface area contributed by atoms with Gasteiger partial charge in [0.2, 0.25) is 0 Å². The highest BCUT2D eigenvalue weighted by Gasteiger charge is 2.12. The molecule has 0 atom stereocenters. The van der Waals surface area contributed by atoms with Crippen LogP contribution in [0.1, 0.15) is 11.1 Å². The molecule has 2 aromatic rings. The number of carbonyl (C=O) groups is 1. The van der Waals surface area contributed by atoms with E-state index in [1.54, 1.807) is 19.0 Å². The Hall–Kier alpha value is -2.07. The van der Waals surface area contributed by atoms with E-state index in [0.717, 1.165) is 21.7 Å². The first-order valence-corrected chi connectivity index (χ1v) is 7.47. The third-order valence-corrected chi connectivity index (χ3v) is 4.21. The standard InChI is InChI=1S/C17H18N2OS/c1-13-8-7-9-14(16(13)21-17(20)19(2)3)12-18-15-10-5-4-6-11-15/h4-12H,1-3H3. The molecule has 0 spiro atoms. The molecule has 0 aliphatic carbocycles. The van der Waals surface area contributed by atoms with Gasteiger partial charge in [-0.1, -0.05) is 36.4 Å². The number of carbonyl (C=O) groups excluding carboxylic acids is 1. The second-order valence-electron chi connectivity index (χ2n) is 4.85. The van der Waals surface area contributed by atoms with Crippen molar-refractivity contribution in [2.24, 2.45) is 4.99 Å². The third-order valence-electron chi connectivity index (χ3n) is 2.91. The number of hydrogen-bond donors (Lipinski definition) is 0. The van der Waals surface area contributed by atoms with Crippen LogP contribution in [-0.4, -0.2) is 30.4 Å². The summed E-state index contributed by atoms with van der Waals surface area (Å²) >= 11 is 1.24. The number of aryl methyl sites for hydroxylation is 1. The van der Waals surface area contributed by atoms with Gasteiger partial charge in [-0.05, 0) is 36.4 Å². The summed E-state index contributed by atoms with van der Waals surface area (Å²) in [5.74, 6) is 0. The van der Waals surface area contributed by atoms with E-state index >= 15 is 0 Å². The fourth-order valence-corrected chi connectivity index (χ4v) is 2.58. The van der Waals surface area contributed by atoms with Crippen LogP contribution in [0.5, 0.6) is 0 Å². The molecule has 21 heavy (non-hydrogen) atoms. The number of rotatable bonds is 3. The fraction of sp³-hybridized carbons (Fsp3) is 0.176. The van der Waals surface area contributed by atoms with Crippen LogP contribution < -0.4 is 0 Å². The molecule has 0 radical (unpaired) electrons. The Kier molecular flexibility index (Phi) is 5.17. The molecule has 2 aromatic carbocycles. The Bertz CT molecular complexity index is 651. The number of benzene rings is 2. The molecule has 0 bridgehead atoms. The van der Waals surface area contributed by atoms with Gasteiger partial charge in [-0.15, -0.1) is 0 Å². The predicted molar refractivity (Wildman–Crippen MR) is 89.8 cm³/mol.